The van der Waals surface area contributed by atoms with Gasteiger partial charge in [-0.15, -0.1) is 0 Å². The Kier molecular flexibility index (Phi) is 5.79. The Balaban J connectivity index is 1.31. The fourth-order valence-electron chi connectivity index (χ4n) is 4.04. The summed E-state index contributed by atoms with van der Waals surface area (Å²) in [5, 5.41) is 8.57. The van der Waals surface area contributed by atoms with Gasteiger partial charge in [-0.05, 0) is 60.7 Å². The lowest BCUT2D eigenvalue weighted by atomic mass is 9.93. The van der Waals surface area contributed by atoms with Crippen molar-refractivity contribution in [2.75, 3.05) is 7.11 Å². The summed E-state index contributed by atoms with van der Waals surface area (Å²) in [6.07, 6.45) is 9.49. The van der Waals surface area contributed by atoms with Crippen LogP contribution in [0.5, 0.6) is 5.88 Å². The van der Waals surface area contributed by atoms with E-state index in [1.165, 1.54) is 0 Å². The maximum Gasteiger partial charge on any atom is 0.244 e. The molecule has 1 aromatic carbocycles. The predicted molar refractivity (Wildman–Crippen MR) is 128 cm³/mol. The first-order chi connectivity index (χ1) is 16.1. The molecule has 7 nitrogen and oxygen atoms in total. The van der Waals surface area contributed by atoms with Gasteiger partial charge in [0.25, 0.3) is 0 Å². The molecule has 0 aliphatic heterocycles. The second-order valence-electron chi connectivity index (χ2n) is 7.93. The average molecular weight is 460 g/mol. The molecule has 5 rings (SSSR count). The van der Waals surface area contributed by atoms with E-state index in [-0.39, 0.29) is 11.9 Å². The number of halogens is 1. The molecule has 0 fully saturated rings. The summed E-state index contributed by atoms with van der Waals surface area (Å²) in [6, 6.07) is 13.0. The average Bonchev–Trinajstić information content (AvgIpc) is 3.26. The van der Waals surface area contributed by atoms with Crippen LogP contribution in [0.25, 0.3) is 22.8 Å². The molecule has 1 N–H and O–H groups in total. The number of ether oxygens (including phenoxy) is 1. The third-order valence-corrected chi connectivity index (χ3v) is 5.96. The number of pyridine rings is 2. The second-order valence-corrected chi connectivity index (χ2v) is 8.37. The Morgan fingerprint density at radius 3 is 2.88 bits per heavy atom. The number of hydrogen-bond donors (Lipinski definition) is 1. The smallest absolute Gasteiger partial charge is 0.244 e. The van der Waals surface area contributed by atoms with Crippen LogP contribution in [0.1, 0.15) is 23.2 Å². The molecule has 0 bridgehead atoms. The van der Waals surface area contributed by atoms with E-state index in [2.05, 4.69) is 15.3 Å². The van der Waals surface area contributed by atoms with Gasteiger partial charge in [-0.1, -0.05) is 23.7 Å². The van der Waals surface area contributed by atoms with Crippen molar-refractivity contribution in [2.45, 2.75) is 25.3 Å². The van der Waals surface area contributed by atoms with Crippen LogP contribution in [0.2, 0.25) is 5.02 Å². The Morgan fingerprint density at radius 2 is 2.06 bits per heavy atom. The summed E-state index contributed by atoms with van der Waals surface area (Å²) in [4.78, 5) is 21.4. The van der Waals surface area contributed by atoms with Crippen molar-refractivity contribution in [3.63, 3.8) is 0 Å². The molecule has 33 heavy (non-hydrogen) atoms. The van der Waals surface area contributed by atoms with Gasteiger partial charge in [-0.25, -0.2) is 9.67 Å². The monoisotopic (exact) mass is 459 g/mol. The zero-order valence-corrected chi connectivity index (χ0v) is 18.8. The third-order valence-electron chi connectivity index (χ3n) is 5.71. The van der Waals surface area contributed by atoms with Crippen LogP contribution in [0.4, 0.5) is 0 Å². The van der Waals surface area contributed by atoms with Gasteiger partial charge in [-0.2, -0.15) is 5.10 Å². The Labute approximate surface area is 196 Å². The molecule has 1 aliphatic rings. The highest BCUT2D eigenvalue weighted by molar-refractivity contribution is 6.30. The van der Waals surface area contributed by atoms with Crippen LogP contribution in [0, 0.1) is 0 Å². The molecule has 8 heteroatoms. The van der Waals surface area contributed by atoms with Gasteiger partial charge >= 0.3 is 0 Å². The lowest BCUT2D eigenvalue weighted by molar-refractivity contribution is -0.117. The lowest BCUT2D eigenvalue weighted by Gasteiger charge is -2.21. The molecule has 1 atom stereocenters. The molecule has 1 aliphatic carbocycles. The van der Waals surface area contributed by atoms with Crippen LogP contribution >= 0.6 is 11.6 Å². The number of aromatic nitrogens is 4. The van der Waals surface area contributed by atoms with Gasteiger partial charge < -0.3 is 10.1 Å². The maximum absolute atomic E-state index is 12.4. The van der Waals surface area contributed by atoms with Crippen molar-refractivity contribution in [3.8, 4) is 11.6 Å². The zero-order chi connectivity index (χ0) is 22.8. The molecule has 166 valence electrons. The van der Waals surface area contributed by atoms with Crippen LogP contribution in [-0.4, -0.2) is 38.8 Å². The van der Waals surface area contributed by atoms with E-state index < -0.39 is 0 Å². The molecule has 0 spiro atoms. The molecule has 1 amide bonds. The van der Waals surface area contributed by atoms with Crippen molar-refractivity contribution < 1.29 is 9.53 Å². The summed E-state index contributed by atoms with van der Waals surface area (Å²) in [7, 11) is 1.59. The van der Waals surface area contributed by atoms with Crippen LogP contribution < -0.4 is 10.1 Å². The first-order valence-electron chi connectivity index (χ1n) is 10.7. The van der Waals surface area contributed by atoms with E-state index in [0.717, 1.165) is 52.8 Å². The fraction of sp³-hybridized carbons (Fsp3) is 0.200. The summed E-state index contributed by atoms with van der Waals surface area (Å²) in [5.41, 5.74) is 5.45. The highest BCUT2D eigenvalue weighted by Crippen LogP contribution is 2.25. The van der Waals surface area contributed by atoms with Crippen molar-refractivity contribution in [3.05, 3.63) is 82.8 Å². The van der Waals surface area contributed by atoms with Gasteiger partial charge in [0, 0.05) is 35.6 Å². The Hall–Kier alpha value is -3.71. The SMILES string of the molecule is COc1ccc2nccc(-n3cc4c(n3)CCC(NC(=O)C=Cc3ccc(Cl)cc3)C4)c2n1. The van der Waals surface area contributed by atoms with E-state index in [9.17, 15) is 4.79 Å². The minimum absolute atomic E-state index is 0.0601. The predicted octanol–water partition coefficient (Wildman–Crippen LogP) is 4.16. The van der Waals surface area contributed by atoms with Gasteiger partial charge in [0.1, 0.15) is 5.52 Å². The number of aryl methyl sites for hydroxylation is 1. The first-order valence-corrected chi connectivity index (χ1v) is 11.1. The van der Waals surface area contributed by atoms with Crippen LogP contribution in [0.3, 0.4) is 0 Å². The molecule has 0 radical (unpaired) electrons. The quantitative estimate of drug-likeness (QED) is 0.453. The summed E-state index contributed by atoms with van der Waals surface area (Å²) in [5.74, 6) is 0.422. The van der Waals surface area contributed by atoms with Crippen LogP contribution in [-0.2, 0) is 17.6 Å². The minimum atomic E-state index is -0.109. The number of carbonyl (C=O) groups excluding carboxylic acids is 1. The number of rotatable bonds is 5. The van der Waals surface area contributed by atoms with E-state index in [1.54, 1.807) is 43.7 Å². The lowest BCUT2D eigenvalue weighted by Crippen LogP contribution is -2.37. The Bertz CT molecular complexity index is 1350. The van der Waals surface area contributed by atoms with E-state index >= 15 is 0 Å². The van der Waals surface area contributed by atoms with Crippen molar-refractivity contribution in [1.29, 1.82) is 0 Å². The molecule has 1 unspecified atom stereocenters. The highest BCUT2D eigenvalue weighted by atomic mass is 35.5. The van der Waals surface area contributed by atoms with Crippen molar-refractivity contribution in [1.82, 2.24) is 25.1 Å². The molecule has 0 saturated heterocycles. The number of amides is 1. The summed E-state index contributed by atoms with van der Waals surface area (Å²) in [6.45, 7) is 0. The molecule has 3 aromatic heterocycles. The molecule has 0 saturated carbocycles. The number of nitrogens with one attached hydrogen (secondary N) is 1. The number of carbonyl (C=O) groups is 1. The number of hydrogen-bond acceptors (Lipinski definition) is 5. The van der Waals surface area contributed by atoms with E-state index in [0.29, 0.717) is 10.9 Å². The molecular formula is C25H22ClN5O2. The zero-order valence-electron chi connectivity index (χ0n) is 18.0. The van der Waals surface area contributed by atoms with Crippen molar-refractivity contribution in [2.24, 2.45) is 0 Å². The topological polar surface area (TPSA) is 81.9 Å². The molecule has 3 heterocycles. The van der Waals surface area contributed by atoms with E-state index in [4.69, 9.17) is 21.4 Å². The summed E-state index contributed by atoms with van der Waals surface area (Å²) >= 11 is 5.91. The first kappa shape index (κ1) is 21.2. The normalized spacial score (nSPS) is 15.5. The van der Waals surface area contributed by atoms with E-state index in [1.807, 2.05) is 35.1 Å². The van der Waals surface area contributed by atoms with Gasteiger partial charge in [0.2, 0.25) is 11.8 Å². The number of methoxy groups -OCH3 is 1. The van der Waals surface area contributed by atoms with Crippen LogP contribution in [0.15, 0.2) is 60.9 Å². The number of fused-ring (bicyclic) bond motifs is 2. The minimum Gasteiger partial charge on any atom is -0.481 e. The summed E-state index contributed by atoms with van der Waals surface area (Å²) < 4.78 is 7.13. The molecule has 4 aromatic rings. The van der Waals surface area contributed by atoms with Gasteiger partial charge in [-0.3, -0.25) is 9.78 Å². The third kappa shape index (κ3) is 4.59. The largest absolute Gasteiger partial charge is 0.481 e. The highest BCUT2D eigenvalue weighted by Gasteiger charge is 2.23. The molecular weight excluding hydrogens is 438 g/mol. The van der Waals surface area contributed by atoms with Crippen molar-refractivity contribution >= 4 is 34.6 Å². The number of nitrogens with zero attached hydrogens (tertiary/aromatic N) is 4. The Morgan fingerprint density at radius 1 is 1.21 bits per heavy atom. The van der Waals surface area contributed by atoms with Gasteiger partial charge in [0.05, 0.1) is 24.0 Å². The fourth-order valence-corrected chi connectivity index (χ4v) is 4.16. The standard InChI is InChI=1S/C25H22ClN5O2/c1-33-24-11-9-21-25(29-24)22(12-13-27-21)31-15-17-14-19(7-8-20(17)30-31)28-23(32)10-4-16-2-5-18(26)6-3-16/h2-6,9-13,15,19H,7-8,14H2,1H3,(H,28,32). The second kappa shape index (κ2) is 9.03. The maximum atomic E-state index is 12.4. The van der Waals surface area contributed by atoms with Gasteiger partial charge in [0.15, 0.2) is 0 Å². The number of benzene rings is 1.